The Hall–Kier alpha value is -4.26. The molecule has 1 aromatic heterocycles. The zero-order chi connectivity index (χ0) is 20.2. The maximum atomic E-state index is 12.7. The van der Waals surface area contributed by atoms with Gasteiger partial charge in [0.2, 0.25) is 0 Å². The van der Waals surface area contributed by atoms with Gasteiger partial charge in [-0.3, -0.25) is 14.9 Å². The molecule has 0 radical (unpaired) electrons. The minimum Gasteiger partial charge on any atom is -0.337 e. The van der Waals surface area contributed by atoms with Gasteiger partial charge in [0, 0.05) is 17.7 Å². The van der Waals surface area contributed by atoms with E-state index in [1.165, 1.54) is 12.1 Å². The van der Waals surface area contributed by atoms with Gasteiger partial charge in [-0.2, -0.15) is 0 Å². The summed E-state index contributed by atoms with van der Waals surface area (Å²) >= 11 is 0. The van der Waals surface area contributed by atoms with E-state index in [-0.39, 0.29) is 11.6 Å². The maximum absolute atomic E-state index is 12.7. The summed E-state index contributed by atoms with van der Waals surface area (Å²) in [7, 11) is 0. The summed E-state index contributed by atoms with van der Waals surface area (Å²) < 4.78 is 0. The van der Waals surface area contributed by atoms with Crippen molar-refractivity contribution in [1.82, 2.24) is 15.3 Å². The number of carbonyl (C=O) groups is 1. The molecule has 0 spiro atoms. The van der Waals surface area contributed by atoms with E-state index in [1.54, 1.807) is 36.4 Å². The van der Waals surface area contributed by atoms with Gasteiger partial charge in [-0.15, -0.1) is 0 Å². The second-order valence-electron chi connectivity index (χ2n) is 6.33. The van der Waals surface area contributed by atoms with Crippen LogP contribution in [0.3, 0.4) is 0 Å². The number of benzene rings is 3. The van der Waals surface area contributed by atoms with E-state index in [9.17, 15) is 14.9 Å². The normalized spacial score (nSPS) is 11.4. The van der Waals surface area contributed by atoms with Crippen LogP contribution in [0.25, 0.3) is 22.8 Å². The Bertz CT molecular complexity index is 1210. The van der Waals surface area contributed by atoms with Crippen LogP contribution in [-0.2, 0) is 0 Å². The SMILES string of the molecule is O=C(N/C(=C/c1ccccc1)c1nc2ccc([N+](=O)[O-])cc2[nH]1)c1ccccc1. The number of nitro benzene ring substituents is 1. The number of nitro groups is 1. The molecule has 1 amide bonds. The lowest BCUT2D eigenvalue weighted by Gasteiger charge is -2.08. The number of aromatic amines is 1. The van der Waals surface area contributed by atoms with Crippen LogP contribution < -0.4 is 5.32 Å². The van der Waals surface area contributed by atoms with Crippen molar-refractivity contribution < 1.29 is 9.72 Å². The van der Waals surface area contributed by atoms with Gasteiger partial charge in [0.15, 0.2) is 5.82 Å². The van der Waals surface area contributed by atoms with Crippen molar-refractivity contribution in [1.29, 1.82) is 0 Å². The first-order valence-electron chi connectivity index (χ1n) is 8.88. The number of fused-ring (bicyclic) bond motifs is 1. The molecule has 29 heavy (non-hydrogen) atoms. The molecule has 7 heteroatoms. The number of hydrogen-bond acceptors (Lipinski definition) is 4. The van der Waals surface area contributed by atoms with Gasteiger partial charge in [-0.1, -0.05) is 48.5 Å². The maximum Gasteiger partial charge on any atom is 0.271 e. The molecule has 142 valence electrons. The molecule has 2 N–H and O–H groups in total. The van der Waals surface area contributed by atoms with E-state index in [4.69, 9.17) is 0 Å². The van der Waals surface area contributed by atoms with Crippen molar-refractivity contribution in [2.45, 2.75) is 0 Å². The smallest absolute Gasteiger partial charge is 0.271 e. The molecule has 0 aliphatic rings. The van der Waals surface area contributed by atoms with Gasteiger partial charge in [-0.25, -0.2) is 4.98 Å². The van der Waals surface area contributed by atoms with Crippen LogP contribution in [0.15, 0.2) is 78.9 Å². The molecule has 0 aliphatic heterocycles. The average Bonchev–Trinajstić information content (AvgIpc) is 3.18. The number of aromatic nitrogens is 2. The van der Waals surface area contributed by atoms with Crippen LogP contribution in [0.4, 0.5) is 5.69 Å². The van der Waals surface area contributed by atoms with Crippen molar-refractivity contribution in [3.05, 3.63) is 106 Å². The molecule has 0 unspecified atom stereocenters. The highest BCUT2D eigenvalue weighted by Crippen LogP contribution is 2.22. The average molecular weight is 384 g/mol. The van der Waals surface area contributed by atoms with Crippen LogP contribution >= 0.6 is 0 Å². The molecule has 0 saturated carbocycles. The Balaban J connectivity index is 1.76. The Morgan fingerprint density at radius 3 is 2.38 bits per heavy atom. The molecular weight excluding hydrogens is 368 g/mol. The number of carbonyl (C=O) groups excluding carboxylic acids is 1. The zero-order valence-corrected chi connectivity index (χ0v) is 15.2. The first-order valence-corrected chi connectivity index (χ1v) is 8.88. The fourth-order valence-electron chi connectivity index (χ4n) is 2.90. The Kier molecular flexibility index (Phi) is 4.86. The quantitative estimate of drug-likeness (QED) is 0.393. The van der Waals surface area contributed by atoms with Gasteiger partial charge in [0.25, 0.3) is 11.6 Å². The highest BCUT2D eigenvalue weighted by Gasteiger charge is 2.15. The summed E-state index contributed by atoms with van der Waals surface area (Å²) in [5.41, 5.74) is 2.90. The lowest BCUT2D eigenvalue weighted by Crippen LogP contribution is -2.22. The van der Waals surface area contributed by atoms with E-state index < -0.39 is 4.92 Å². The Labute approximate surface area is 165 Å². The zero-order valence-electron chi connectivity index (χ0n) is 15.2. The van der Waals surface area contributed by atoms with Crippen molar-refractivity contribution in [2.75, 3.05) is 0 Å². The fraction of sp³-hybridized carbons (Fsp3) is 0. The first-order chi connectivity index (χ1) is 14.1. The van der Waals surface area contributed by atoms with Crippen LogP contribution in [-0.4, -0.2) is 20.8 Å². The number of non-ortho nitro benzene ring substituents is 1. The molecule has 0 fully saturated rings. The lowest BCUT2D eigenvalue weighted by molar-refractivity contribution is -0.384. The predicted molar refractivity (Wildman–Crippen MR) is 111 cm³/mol. The Morgan fingerprint density at radius 1 is 1.00 bits per heavy atom. The van der Waals surface area contributed by atoms with Crippen LogP contribution in [0.5, 0.6) is 0 Å². The van der Waals surface area contributed by atoms with Gasteiger partial charge in [0.1, 0.15) is 0 Å². The number of amides is 1. The highest BCUT2D eigenvalue weighted by molar-refractivity contribution is 6.01. The van der Waals surface area contributed by atoms with E-state index in [0.29, 0.717) is 28.1 Å². The summed E-state index contributed by atoms with van der Waals surface area (Å²) in [6.07, 6.45) is 1.80. The molecule has 0 bridgehead atoms. The molecule has 7 nitrogen and oxygen atoms in total. The lowest BCUT2D eigenvalue weighted by atomic mass is 10.1. The third-order valence-corrected chi connectivity index (χ3v) is 4.33. The van der Waals surface area contributed by atoms with Crippen molar-refractivity contribution in [3.8, 4) is 0 Å². The molecule has 0 aliphatic carbocycles. The number of hydrogen-bond donors (Lipinski definition) is 2. The largest absolute Gasteiger partial charge is 0.337 e. The van der Waals surface area contributed by atoms with E-state index >= 15 is 0 Å². The minimum absolute atomic E-state index is 0.0328. The van der Waals surface area contributed by atoms with Crippen molar-refractivity contribution >= 4 is 34.4 Å². The molecule has 3 aromatic carbocycles. The standard InChI is InChI=1S/C22H16N4O3/c27-22(16-9-5-2-6-10-16)25-20(13-15-7-3-1-4-8-15)21-23-18-12-11-17(26(28)29)14-19(18)24-21/h1-14H,(H,23,24)(H,25,27)/b20-13+. The van der Waals surface area contributed by atoms with E-state index in [2.05, 4.69) is 15.3 Å². The van der Waals surface area contributed by atoms with Crippen LogP contribution in [0, 0.1) is 10.1 Å². The highest BCUT2D eigenvalue weighted by atomic mass is 16.6. The minimum atomic E-state index is -0.460. The van der Waals surface area contributed by atoms with Crippen LogP contribution in [0.1, 0.15) is 21.7 Å². The molecule has 0 saturated heterocycles. The topological polar surface area (TPSA) is 101 Å². The third-order valence-electron chi connectivity index (χ3n) is 4.33. The second-order valence-corrected chi connectivity index (χ2v) is 6.33. The van der Waals surface area contributed by atoms with Gasteiger partial charge in [-0.05, 0) is 29.8 Å². The number of rotatable bonds is 5. The molecule has 4 rings (SSSR count). The summed E-state index contributed by atoms with van der Waals surface area (Å²) in [6.45, 7) is 0. The molecule has 4 aromatic rings. The second kappa shape index (κ2) is 7.77. The van der Waals surface area contributed by atoms with Crippen molar-refractivity contribution in [3.63, 3.8) is 0 Å². The number of H-pyrrole nitrogens is 1. The van der Waals surface area contributed by atoms with Crippen LogP contribution in [0.2, 0.25) is 0 Å². The number of nitrogens with one attached hydrogen (secondary N) is 2. The molecular formula is C22H16N4O3. The monoisotopic (exact) mass is 384 g/mol. The van der Waals surface area contributed by atoms with Crippen molar-refractivity contribution in [2.24, 2.45) is 0 Å². The molecule has 1 heterocycles. The van der Waals surface area contributed by atoms with Gasteiger partial charge >= 0.3 is 0 Å². The van der Waals surface area contributed by atoms with Gasteiger partial charge < -0.3 is 10.3 Å². The summed E-state index contributed by atoms with van der Waals surface area (Å²) in [4.78, 5) is 30.8. The fourth-order valence-corrected chi connectivity index (χ4v) is 2.90. The van der Waals surface area contributed by atoms with Gasteiger partial charge in [0.05, 0.1) is 21.7 Å². The summed E-state index contributed by atoms with van der Waals surface area (Å²) in [5, 5.41) is 13.9. The third kappa shape index (κ3) is 4.03. The van der Waals surface area contributed by atoms with E-state index in [1.807, 2.05) is 36.4 Å². The molecule has 0 atom stereocenters. The summed E-state index contributed by atoms with van der Waals surface area (Å²) in [5.74, 6) is 0.132. The number of nitrogens with zero attached hydrogens (tertiary/aromatic N) is 2. The Morgan fingerprint density at radius 2 is 1.69 bits per heavy atom. The predicted octanol–water partition coefficient (Wildman–Crippen LogP) is 4.40. The first kappa shape index (κ1) is 18.1. The number of imidazole rings is 1. The summed E-state index contributed by atoms with van der Waals surface area (Å²) in [6, 6.07) is 22.7. The van der Waals surface area contributed by atoms with E-state index in [0.717, 1.165) is 5.56 Å².